The van der Waals surface area contributed by atoms with Crippen molar-refractivity contribution in [2.75, 3.05) is 12.4 Å². The van der Waals surface area contributed by atoms with Gasteiger partial charge in [0.25, 0.3) is 5.91 Å². The minimum Gasteiger partial charge on any atom is -0.497 e. The van der Waals surface area contributed by atoms with Crippen molar-refractivity contribution < 1.29 is 9.53 Å². The van der Waals surface area contributed by atoms with Crippen molar-refractivity contribution >= 4 is 11.6 Å². The standard InChI is InChI=1S/C19H17N3O2/c1-13-17(12-20-18(21-13)14-7-4-3-5-8-14)19(23)22-15-9-6-10-16(11-15)24-2/h3-12H,1-2H3,(H,22,23). The number of anilines is 1. The van der Waals surface area contributed by atoms with E-state index in [0.29, 0.717) is 28.5 Å². The molecule has 5 nitrogen and oxygen atoms in total. The normalized spacial score (nSPS) is 10.2. The summed E-state index contributed by atoms with van der Waals surface area (Å²) in [7, 11) is 1.58. The van der Waals surface area contributed by atoms with E-state index in [9.17, 15) is 4.79 Å². The third-order valence-electron chi connectivity index (χ3n) is 3.58. The highest BCUT2D eigenvalue weighted by atomic mass is 16.5. The molecule has 0 aliphatic rings. The molecule has 0 atom stereocenters. The van der Waals surface area contributed by atoms with Gasteiger partial charge in [-0.05, 0) is 19.1 Å². The molecule has 1 heterocycles. The Labute approximate surface area is 140 Å². The number of aromatic nitrogens is 2. The second-order valence-electron chi connectivity index (χ2n) is 5.24. The zero-order chi connectivity index (χ0) is 16.9. The van der Waals surface area contributed by atoms with Gasteiger partial charge in [0.2, 0.25) is 0 Å². The first kappa shape index (κ1) is 15.7. The molecule has 2 aromatic carbocycles. The number of carbonyl (C=O) groups is 1. The van der Waals surface area contributed by atoms with Gasteiger partial charge in [-0.15, -0.1) is 0 Å². The number of hydrogen-bond acceptors (Lipinski definition) is 4. The Kier molecular flexibility index (Phi) is 4.52. The van der Waals surface area contributed by atoms with Crippen molar-refractivity contribution in [3.05, 3.63) is 72.1 Å². The van der Waals surface area contributed by atoms with E-state index in [2.05, 4.69) is 15.3 Å². The largest absolute Gasteiger partial charge is 0.497 e. The fraction of sp³-hybridized carbons (Fsp3) is 0.105. The minimum absolute atomic E-state index is 0.250. The maximum atomic E-state index is 12.5. The number of ether oxygens (including phenoxy) is 1. The molecule has 0 aliphatic carbocycles. The third-order valence-corrected chi connectivity index (χ3v) is 3.58. The van der Waals surface area contributed by atoms with Crippen LogP contribution in [0, 0.1) is 6.92 Å². The number of hydrogen-bond donors (Lipinski definition) is 1. The molecule has 0 fully saturated rings. The highest BCUT2D eigenvalue weighted by molar-refractivity contribution is 6.04. The Balaban J connectivity index is 1.82. The number of amides is 1. The van der Waals surface area contributed by atoms with Crippen molar-refractivity contribution in [2.24, 2.45) is 0 Å². The van der Waals surface area contributed by atoms with Gasteiger partial charge in [0.1, 0.15) is 5.75 Å². The van der Waals surface area contributed by atoms with Gasteiger partial charge in [0, 0.05) is 23.5 Å². The molecule has 0 bridgehead atoms. The molecule has 3 aromatic rings. The summed E-state index contributed by atoms with van der Waals surface area (Å²) in [5, 5.41) is 2.83. The first-order chi connectivity index (χ1) is 11.7. The Bertz CT molecular complexity index is 863. The highest BCUT2D eigenvalue weighted by Gasteiger charge is 2.13. The van der Waals surface area contributed by atoms with Crippen LogP contribution in [0.15, 0.2) is 60.8 Å². The summed E-state index contributed by atoms with van der Waals surface area (Å²) >= 11 is 0. The zero-order valence-electron chi connectivity index (χ0n) is 13.5. The molecule has 5 heteroatoms. The van der Waals surface area contributed by atoms with Gasteiger partial charge in [-0.1, -0.05) is 36.4 Å². The van der Waals surface area contributed by atoms with E-state index in [1.165, 1.54) is 0 Å². The summed E-state index contributed by atoms with van der Waals surface area (Å²) < 4.78 is 5.15. The van der Waals surface area contributed by atoms with E-state index in [-0.39, 0.29) is 5.91 Å². The van der Waals surface area contributed by atoms with Gasteiger partial charge < -0.3 is 10.1 Å². The lowest BCUT2D eigenvalue weighted by Gasteiger charge is -2.09. The van der Waals surface area contributed by atoms with Crippen LogP contribution in [0.25, 0.3) is 11.4 Å². The average molecular weight is 319 g/mol. The summed E-state index contributed by atoms with van der Waals surface area (Å²) in [5.74, 6) is 1.03. The lowest BCUT2D eigenvalue weighted by Crippen LogP contribution is -2.15. The molecule has 0 saturated carbocycles. The molecule has 0 spiro atoms. The van der Waals surface area contributed by atoms with Gasteiger partial charge in [-0.25, -0.2) is 9.97 Å². The summed E-state index contributed by atoms with van der Waals surface area (Å²) in [6, 6.07) is 16.9. The van der Waals surface area contributed by atoms with Gasteiger partial charge in [-0.2, -0.15) is 0 Å². The Morgan fingerprint density at radius 3 is 2.58 bits per heavy atom. The summed E-state index contributed by atoms with van der Waals surface area (Å²) in [5.41, 5.74) is 2.65. The maximum Gasteiger partial charge on any atom is 0.259 e. The Hall–Kier alpha value is -3.21. The first-order valence-corrected chi connectivity index (χ1v) is 7.52. The van der Waals surface area contributed by atoms with Crippen molar-refractivity contribution in [1.29, 1.82) is 0 Å². The zero-order valence-corrected chi connectivity index (χ0v) is 13.5. The smallest absolute Gasteiger partial charge is 0.259 e. The summed E-state index contributed by atoms with van der Waals surface area (Å²) in [6.07, 6.45) is 1.56. The van der Waals surface area contributed by atoms with Crippen LogP contribution in [0.4, 0.5) is 5.69 Å². The van der Waals surface area contributed by atoms with E-state index in [0.717, 1.165) is 5.56 Å². The van der Waals surface area contributed by atoms with E-state index < -0.39 is 0 Å². The van der Waals surface area contributed by atoms with Crippen LogP contribution in [0.2, 0.25) is 0 Å². The second-order valence-corrected chi connectivity index (χ2v) is 5.24. The highest BCUT2D eigenvalue weighted by Crippen LogP contribution is 2.19. The van der Waals surface area contributed by atoms with Gasteiger partial charge in [0.15, 0.2) is 5.82 Å². The molecule has 24 heavy (non-hydrogen) atoms. The average Bonchev–Trinajstić information content (AvgIpc) is 2.62. The van der Waals surface area contributed by atoms with Crippen LogP contribution in [0.3, 0.4) is 0 Å². The quantitative estimate of drug-likeness (QED) is 0.796. The molecule has 0 unspecified atom stereocenters. The number of aryl methyl sites for hydroxylation is 1. The predicted molar refractivity (Wildman–Crippen MR) is 93.2 cm³/mol. The molecule has 0 saturated heterocycles. The third kappa shape index (κ3) is 3.41. The van der Waals surface area contributed by atoms with Gasteiger partial charge in [-0.3, -0.25) is 4.79 Å². The number of nitrogens with one attached hydrogen (secondary N) is 1. The van der Waals surface area contributed by atoms with E-state index in [4.69, 9.17) is 4.74 Å². The van der Waals surface area contributed by atoms with Crippen molar-refractivity contribution in [1.82, 2.24) is 9.97 Å². The van der Waals surface area contributed by atoms with E-state index in [1.54, 1.807) is 32.4 Å². The topological polar surface area (TPSA) is 64.1 Å². The van der Waals surface area contributed by atoms with Crippen LogP contribution in [-0.4, -0.2) is 23.0 Å². The maximum absolute atomic E-state index is 12.5. The first-order valence-electron chi connectivity index (χ1n) is 7.52. The number of benzene rings is 2. The molecule has 3 rings (SSSR count). The molecular formula is C19H17N3O2. The predicted octanol–water partition coefficient (Wildman–Crippen LogP) is 3.71. The Morgan fingerprint density at radius 2 is 1.88 bits per heavy atom. The molecule has 0 radical (unpaired) electrons. The Morgan fingerprint density at radius 1 is 1.08 bits per heavy atom. The molecule has 1 aromatic heterocycles. The monoisotopic (exact) mass is 319 g/mol. The SMILES string of the molecule is COc1cccc(NC(=O)c2cnc(-c3ccccc3)nc2C)c1. The second kappa shape index (κ2) is 6.91. The molecular weight excluding hydrogens is 302 g/mol. The van der Waals surface area contributed by atoms with E-state index >= 15 is 0 Å². The molecule has 120 valence electrons. The van der Waals surface area contributed by atoms with Crippen LogP contribution >= 0.6 is 0 Å². The van der Waals surface area contributed by atoms with Crippen molar-refractivity contribution in [3.63, 3.8) is 0 Å². The molecule has 0 aliphatic heterocycles. The fourth-order valence-corrected chi connectivity index (χ4v) is 2.32. The lowest BCUT2D eigenvalue weighted by atomic mass is 10.2. The number of nitrogens with zero attached hydrogens (tertiary/aromatic N) is 2. The minimum atomic E-state index is -0.250. The number of rotatable bonds is 4. The summed E-state index contributed by atoms with van der Waals surface area (Å²) in [4.78, 5) is 21.2. The van der Waals surface area contributed by atoms with Crippen LogP contribution < -0.4 is 10.1 Å². The molecule has 1 amide bonds. The number of carbonyl (C=O) groups excluding carboxylic acids is 1. The molecule has 1 N–H and O–H groups in total. The van der Waals surface area contributed by atoms with Gasteiger partial charge >= 0.3 is 0 Å². The van der Waals surface area contributed by atoms with Crippen molar-refractivity contribution in [2.45, 2.75) is 6.92 Å². The van der Waals surface area contributed by atoms with Crippen LogP contribution in [-0.2, 0) is 0 Å². The number of methoxy groups -OCH3 is 1. The van der Waals surface area contributed by atoms with Gasteiger partial charge in [0.05, 0.1) is 18.4 Å². The van der Waals surface area contributed by atoms with Crippen LogP contribution in [0.1, 0.15) is 16.1 Å². The summed E-state index contributed by atoms with van der Waals surface area (Å²) in [6.45, 7) is 1.80. The fourth-order valence-electron chi connectivity index (χ4n) is 2.32. The van der Waals surface area contributed by atoms with E-state index in [1.807, 2.05) is 42.5 Å². The lowest BCUT2D eigenvalue weighted by molar-refractivity contribution is 0.102. The van der Waals surface area contributed by atoms with Crippen LogP contribution in [0.5, 0.6) is 5.75 Å². The van der Waals surface area contributed by atoms with Crippen molar-refractivity contribution in [3.8, 4) is 17.1 Å².